The second kappa shape index (κ2) is 9.02. The van der Waals surface area contributed by atoms with Crippen LogP contribution in [0.3, 0.4) is 0 Å². The minimum atomic E-state index is -0.00943. The first-order chi connectivity index (χ1) is 9.04. The Morgan fingerprint density at radius 3 is 2.47 bits per heavy atom. The summed E-state index contributed by atoms with van der Waals surface area (Å²) < 4.78 is 1.56. The molecule has 0 aliphatic rings. The molecule has 0 N–H and O–H groups in total. The number of aromatic nitrogens is 4. The molecule has 0 fully saturated rings. The van der Waals surface area contributed by atoms with E-state index in [0.29, 0.717) is 18.9 Å². The molecule has 0 radical (unpaired) electrons. The molecule has 1 amide bonds. The minimum Gasteiger partial charge on any atom is -0.331 e. The normalized spacial score (nSPS) is 10.5. The maximum atomic E-state index is 11.5. The summed E-state index contributed by atoms with van der Waals surface area (Å²) in [6.45, 7) is 12.1. The molecule has 0 aromatic carbocycles. The maximum Gasteiger partial charge on any atom is 0.220 e. The number of amides is 1. The second-order valence-corrected chi connectivity index (χ2v) is 3.84. The zero-order valence-electron chi connectivity index (χ0n) is 12.4. The van der Waals surface area contributed by atoms with E-state index < -0.39 is 0 Å². The minimum absolute atomic E-state index is 0.00943. The van der Waals surface area contributed by atoms with Gasteiger partial charge in [-0.15, -0.1) is 5.10 Å². The number of nitrogens with zero attached hydrogens (tertiary/aromatic N) is 5. The van der Waals surface area contributed by atoms with Crippen LogP contribution in [-0.2, 0) is 18.4 Å². The van der Waals surface area contributed by atoms with Crippen LogP contribution in [0.1, 0.15) is 33.5 Å². The lowest BCUT2D eigenvalue weighted by molar-refractivity contribution is -0.129. The van der Waals surface area contributed by atoms with Crippen LogP contribution in [0.15, 0.2) is 24.3 Å². The molecule has 6 heteroatoms. The third-order valence-electron chi connectivity index (χ3n) is 2.33. The highest BCUT2D eigenvalue weighted by atomic mass is 16.2. The van der Waals surface area contributed by atoms with Gasteiger partial charge in [0.1, 0.15) is 0 Å². The van der Waals surface area contributed by atoms with Crippen molar-refractivity contribution >= 4 is 5.91 Å². The lowest BCUT2D eigenvalue weighted by Crippen LogP contribution is -2.31. The van der Waals surface area contributed by atoms with E-state index in [4.69, 9.17) is 0 Å². The molecule has 1 aromatic rings. The fraction of sp³-hybridized carbons (Fsp3) is 0.538. The number of carbonyl (C=O) groups is 1. The van der Waals surface area contributed by atoms with Crippen LogP contribution in [-0.4, -0.2) is 37.6 Å². The van der Waals surface area contributed by atoms with Crippen molar-refractivity contribution in [3.63, 3.8) is 0 Å². The summed E-state index contributed by atoms with van der Waals surface area (Å²) >= 11 is 0. The lowest BCUT2D eigenvalue weighted by Gasteiger charge is -2.20. The highest BCUT2D eigenvalue weighted by molar-refractivity contribution is 5.73. The Kier molecular flexibility index (Phi) is 8.08. The monoisotopic (exact) mass is 265 g/mol. The van der Waals surface area contributed by atoms with Gasteiger partial charge in [-0.05, 0) is 17.4 Å². The molecule has 1 aromatic heterocycles. The Bertz CT molecular complexity index is 436. The van der Waals surface area contributed by atoms with Gasteiger partial charge in [-0.1, -0.05) is 38.2 Å². The zero-order valence-corrected chi connectivity index (χ0v) is 12.4. The molecule has 0 aliphatic heterocycles. The van der Waals surface area contributed by atoms with Crippen LogP contribution in [0, 0.1) is 0 Å². The van der Waals surface area contributed by atoms with Crippen molar-refractivity contribution in [2.45, 2.75) is 34.2 Å². The summed E-state index contributed by atoms with van der Waals surface area (Å²) in [6, 6.07) is 0. The first-order valence-electron chi connectivity index (χ1n) is 6.29. The number of carbonyl (C=O) groups excluding carboxylic acids is 1. The number of rotatable bonds is 5. The Morgan fingerprint density at radius 2 is 2.05 bits per heavy atom. The highest BCUT2D eigenvalue weighted by Gasteiger charge is 2.13. The Morgan fingerprint density at radius 1 is 1.42 bits per heavy atom. The van der Waals surface area contributed by atoms with Crippen molar-refractivity contribution in [2.24, 2.45) is 7.05 Å². The molecule has 0 saturated carbocycles. The fourth-order valence-corrected chi connectivity index (χ4v) is 1.39. The summed E-state index contributed by atoms with van der Waals surface area (Å²) in [5.41, 5.74) is 1.06. The predicted molar refractivity (Wildman–Crippen MR) is 75.2 cm³/mol. The molecule has 0 aliphatic carbocycles. The predicted octanol–water partition coefficient (Wildman–Crippen LogP) is 1.72. The molecule has 1 rings (SSSR count). The summed E-state index contributed by atoms with van der Waals surface area (Å²) in [5.74, 6) is 0.649. The Labute approximate surface area is 114 Å². The molecule has 19 heavy (non-hydrogen) atoms. The van der Waals surface area contributed by atoms with Gasteiger partial charge in [0.2, 0.25) is 5.91 Å². The number of hydrogen-bond acceptors (Lipinski definition) is 4. The van der Waals surface area contributed by atoms with Crippen LogP contribution in [0.25, 0.3) is 0 Å². The van der Waals surface area contributed by atoms with Crippen molar-refractivity contribution in [1.29, 1.82) is 0 Å². The highest BCUT2D eigenvalue weighted by Crippen LogP contribution is 2.04. The number of tetrazole rings is 1. The topological polar surface area (TPSA) is 63.9 Å². The van der Waals surface area contributed by atoms with Gasteiger partial charge in [-0.25, -0.2) is 4.68 Å². The van der Waals surface area contributed by atoms with Crippen molar-refractivity contribution in [3.05, 3.63) is 30.1 Å². The molecular weight excluding hydrogens is 242 g/mol. The summed E-state index contributed by atoms with van der Waals surface area (Å²) in [7, 11) is 1.75. The zero-order chi connectivity index (χ0) is 14.8. The van der Waals surface area contributed by atoms with E-state index >= 15 is 0 Å². The molecule has 6 nitrogen and oxygen atoms in total. The van der Waals surface area contributed by atoms with Gasteiger partial charge < -0.3 is 4.90 Å². The summed E-state index contributed by atoms with van der Waals surface area (Å²) in [6.07, 6.45) is 3.59. The van der Waals surface area contributed by atoms with Gasteiger partial charge >= 0.3 is 0 Å². The third-order valence-corrected chi connectivity index (χ3v) is 2.33. The fourth-order valence-electron chi connectivity index (χ4n) is 1.39. The molecule has 0 bridgehead atoms. The summed E-state index contributed by atoms with van der Waals surface area (Å²) in [5, 5.41) is 11.1. The molecular formula is C13H23N5O. The smallest absolute Gasteiger partial charge is 0.220 e. The largest absolute Gasteiger partial charge is 0.331 e. The van der Waals surface area contributed by atoms with Crippen LogP contribution in [0.2, 0.25) is 0 Å². The van der Waals surface area contributed by atoms with Crippen molar-refractivity contribution < 1.29 is 4.79 Å². The van der Waals surface area contributed by atoms with Crippen molar-refractivity contribution in [3.8, 4) is 0 Å². The average Bonchev–Trinajstić information content (AvgIpc) is 2.77. The van der Waals surface area contributed by atoms with Gasteiger partial charge in [0.25, 0.3) is 0 Å². The maximum absolute atomic E-state index is 11.5. The van der Waals surface area contributed by atoms with E-state index in [1.165, 1.54) is 6.92 Å². The van der Waals surface area contributed by atoms with Crippen LogP contribution in [0.5, 0.6) is 0 Å². The van der Waals surface area contributed by atoms with E-state index in [1.807, 2.05) is 26.8 Å². The number of aryl methyl sites for hydroxylation is 1. The first kappa shape index (κ1) is 17.0. The SMILES string of the molecule is C=C/C=C(\C)CN(Cc1nnnn1C)C(C)=O.CC. The van der Waals surface area contributed by atoms with Gasteiger partial charge in [-0.3, -0.25) is 4.79 Å². The van der Waals surface area contributed by atoms with E-state index in [1.54, 1.807) is 22.7 Å². The quantitative estimate of drug-likeness (QED) is 0.760. The van der Waals surface area contributed by atoms with E-state index in [9.17, 15) is 4.79 Å². The van der Waals surface area contributed by atoms with Crippen LogP contribution >= 0.6 is 0 Å². The van der Waals surface area contributed by atoms with Crippen LogP contribution in [0.4, 0.5) is 0 Å². The second-order valence-electron chi connectivity index (χ2n) is 3.84. The number of allylic oxidation sites excluding steroid dienone is 2. The van der Waals surface area contributed by atoms with E-state index in [0.717, 1.165) is 5.57 Å². The first-order valence-corrected chi connectivity index (χ1v) is 6.29. The van der Waals surface area contributed by atoms with Gasteiger partial charge in [0, 0.05) is 20.5 Å². The molecule has 0 atom stereocenters. The molecule has 0 unspecified atom stereocenters. The molecule has 106 valence electrons. The van der Waals surface area contributed by atoms with Gasteiger partial charge in [0.05, 0.1) is 6.54 Å². The molecule has 0 saturated heterocycles. The van der Waals surface area contributed by atoms with Crippen LogP contribution < -0.4 is 0 Å². The Hall–Kier alpha value is -1.98. The number of hydrogen-bond donors (Lipinski definition) is 0. The van der Waals surface area contributed by atoms with E-state index in [-0.39, 0.29) is 5.91 Å². The Balaban J connectivity index is 0.00000154. The summed E-state index contributed by atoms with van der Waals surface area (Å²) in [4.78, 5) is 13.2. The lowest BCUT2D eigenvalue weighted by atomic mass is 10.2. The third kappa shape index (κ3) is 5.94. The van der Waals surface area contributed by atoms with Crippen molar-refractivity contribution in [2.75, 3.05) is 6.54 Å². The standard InChI is InChI=1S/C11H17N5O.C2H6/c1-5-6-9(2)7-16(10(3)17)8-11-12-13-14-15(11)4;1-2/h5-6H,1,7-8H2,2-4H3;1-2H3/b9-6+;. The average molecular weight is 265 g/mol. The van der Waals surface area contributed by atoms with Crippen molar-refractivity contribution in [1.82, 2.24) is 25.1 Å². The van der Waals surface area contributed by atoms with Gasteiger partial charge in [-0.2, -0.15) is 0 Å². The van der Waals surface area contributed by atoms with E-state index in [2.05, 4.69) is 22.1 Å². The molecule has 0 spiro atoms. The molecule has 1 heterocycles. The van der Waals surface area contributed by atoms with Gasteiger partial charge in [0.15, 0.2) is 5.82 Å².